The molecule has 1 heterocycles. The van der Waals surface area contributed by atoms with Crippen molar-refractivity contribution in [2.75, 3.05) is 30.2 Å². The van der Waals surface area contributed by atoms with Gasteiger partial charge in [-0.25, -0.2) is 8.42 Å². The predicted octanol–water partition coefficient (Wildman–Crippen LogP) is 5.24. The molecule has 3 aromatic carbocycles. The van der Waals surface area contributed by atoms with Crippen molar-refractivity contribution in [2.24, 2.45) is 11.7 Å². The van der Waals surface area contributed by atoms with Gasteiger partial charge in [-0.15, -0.1) is 0 Å². The SMILES string of the molecule is C[C@H](CNC(=O)c1cc(Br)cc(N(C2CN(C(c3ccc(Cl)cc3)c3ccc(Cl)cc3)C2)S(C)(=O)=O)c1)CC(N)=O. The summed E-state index contributed by atoms with van der Waals surface area (Å²) in [4.78, 5) is 26.3. The van der Waals surface area contributed by atoms with E-state index in [1.807, 2.05) is 55.5 Å². The zero-order valence-electron chi connectivity index (χ0n) is 22.6. The zero-order chi connectivity index (χ0) is 29.9. The van der Waals surface area contributed by atoms with Crippen molar-refractivity contribution in [2.45, 2.75) is 25.4 Å². The third-order valence-corrected chi connectivity index (χ3v) is 9.06. The van der Waals surface area contributed by atoms with Crippen LogP contribution in [0.25, 0.3) is 0 Å². The average Bonchev–Trinajstić information content (AvgIpc) is 2.86. The molecule has 0 aliphatic carbocycles. The highest BCUT2D eigenvalue weighted by atomic mass is 79.9. The first-order chi connectivity index (χ1) is 19.3. The smallest absolute Gasteiger partial charge is 0.251 e. The molecule has 41 heavy (non-hydrogen) atoms. The Morgan fingerprint density at radius 2 is 1.56 bits per heavy atom. The van der Waals surface area contributed by atoms with Crippen LogP contribution in [0.1, 0.15) is 40.9 Å². The van der Waals surface area contributed by atoms with Crippen LogP contribution >= 0.6 is 39.1 Å². The number of amides is 2. The van der Waals surface area contributed by atoms with Crippen molar-refractivity contribution in [1.82, 2.24) is 10.2 Å². The highest BCUT2D eigenvalue weighted by molar-refractivity contribution is 9.10. The van der Waals surface area contributed by atoms with E-state index in [-0.39, 0.29) is 36.9 Å². The average molecular weight is 682 g/mol. The summed E-state index contributed by atoms with van der Waals surface area (Å²) in [6.07, 6.45) is 1.31. The topological polar surface area (TPSA) is 113 Å². The maximum absolute atomic E-state index is 13.1. The van der Waals surface area contributed by atoms with Crippen LogP contribution in [0, 0.1) is 5.92 Å². The standard InChI is InChI=1S/C29H31BrCl2N4O4S/c1-18(11-27(33)37)15-34-29(38)21-12-22(30)14-25(13-21)36(41(2,39)40)26-16-35(17-26)28(19-3-7-23(31)8-4-19)20-5-9-24(32)10-6-20/h3-10,12-14,18,26,28H,11,15-17H2,1-2H3,(H2,33,37)(H,34,38)/t18-/m0/s1. The number of anilines is 1. The summed E-state index contributed by atoms with van der Waals surface area (Å²) in [6.45, 7) is 2.99. The van der Waals surface area contributed by atoms with Gasteiger partial charge in [0.15, 0.2) is 0 Å². The first-order valence-corrected chi connectivity index (χ1v) is 16.3. The number of nitrogens with one attached hydrogen (secondary N) is 1. The van der Waals surface area contributed by atoms with Crippen molar-refractivity contribution in [3.8, 4) is 0 Å². The van der Waals surface area contributed by atoms with Gasteiger partial charge in [0.05, 0.1) is 24.0 Å². The summed E-state index contributed by atoms with van der Waals surface area (Å²) >= 11 is 15.7. The van der Waals surface area contributed by atoms with Gasteiger partial charge in [0.25, 0.3) is 5.91 Å². The summed E-state index contributed by atoms with van der Waals surface area (Å²) in [7, 11) is -3.70. The Kier molecular flexibility index (Phi) is 10.0. The number of hydrogen-bond donors (Lipinski definition) is 2. The number of sulfonamides is 1. The van der Waals surface area contributed by atoms with Crippen LogP contribution in [-0.2, 0) is 14.8 Å². The predicted molar refractivity (Wildman–Crippen MR) is 167 cm³/mol. The van der Waals surface area contributed by atoms with E-state index in [4.69, 9.17) is 28.9 Å². The van der Waals surface area contributed by atoms with Gasteiger partial charge in [0, 0.05) is 46.1 Å². The van der Waals surface area contributed by atoms with E-state index in [2.05, 4.69) is 26.1 Å². The second kappa shape index (κ2) is 13.1. The Hall–Kier alpha value is -2.63. The summed E-state index contributed by atoms with van der Waals surface area (Å²) in [5.41, 5.74) is 7.97. The number of nitrogens with two attached hydrogens (primary N) is 1. The fraction of sp³-hybridized carbons (Fsp3) is 0.310. The fourth-order valence-electron chi connectivity index (χ4n) is 5.04. The molecule has 0 spiro atoms. The molecule has 12 heteroatoms. The molecular weight excluding hydrogens is 651 g/mol. The molecule has 218 valence electrons. The minimum atomic E-state index is -3.70. The number of nitrogens with zero attached hydrogens (tertiary/aromatic N) is 2. The monoisotopic (exact) mass is 680 g/mol. The fourth-order valence-corrected chi connectivity index (χ4v) is 6.94. The van der Waals surface area contributed by atoms with E-state index in [1.54, 1.807) is 18.2 Å². The highest BCUT2D eigenvalue weighted by Crippen LogP contribution is 2.37. The van der Waals surface area contributed by atoms with Crippen LogP contribution in [0.15, 0.2) is 71.2 Å². The van der Waals surface area contributed by atoms with Gasteiger partial charge in [0.1, 0.15) is 0 Å². The second-order valence-electron chi connectivity index (χ2n) is 10.4. The summed E-state index contributed by atoms with van der Waals surface area (Å²) in [5, 5.41) is 4.06. The van der Waals surface area contributed by atoms with Crippen LogP contribution in [0.3, 0.4) is 0 Å². The third-order valence-electron chi connectivity index (χ3n) is 6.88. The van der Waals surface area contributed by atoms with Crippen LogP contribution < -0.4 is 15.4 Å². The van der Waals surface area contributed by atoms with Crippen molar-refractivity contribution >= 4 is 66.7 Å². The van der Waals surface area contributed by atoms with Gasteiger partial charge in [-0.3, -0.25) is 18.8 Å². The largest absolute Gasteiger partial charge is 0.370 e. The molecule has 0 bridgehead atoms. The lowest BCUT2D eigenvalue weighted by molar-refractivity contribution is -0.118. The molecule has 0 unspecified atom stereocenters. The summed E-state index contributed by atoms with van der Waals surface area (Å²) < 4.78 is 28.1. The molecule has 3 aromatic rings. The first-order valence-electron chi connectivity index (χ1n) is 12.9. The lowest BCUT2D eigenvalue weighted by Gasteiger charge is -2.48. The van der Waals surface area contributed by atoms with Gasteiger partial charge in [-0.05, 0) is 59.5 Å². The van der Waals surface area contributed by atoms with Gasteiger partial charge >= 0.3 is 0 Å². The number of rotatable bonds is 11. The Labute approximate surface area is 259 Å². The highest BCUT2D eigenvalue weighted by Gasteiger charge is 2.41. The Morgan fingerprint density at radius 1 is 1.02 bits per heavy atom. The molecule has 1 fully saturated rings. The van der Waals surface area contributed by atoms with E-state index in [0.29, 0.717) is 38.9 Å². The van der Waals surface area contributed by atoms with Crippen LogP contribution in [0.5, 0.6) is 0 Å². The molecule has 8 nitrogen and oxygen atoms in total. The number of benzene rings is 3. The van der Waals surface area contributed by atoms with Crippen LogP contribution in [-0.4, -0.2) is 57.1 Å². The lowest BCUT2D eigenvalue weighted by Crippen LogP contribution is -2.61. The Balaban J connectivity index is 1.57. The zero-order valence-corrected chi connectivity index (χ0v) is 26.5. The molecule has 1 aliphatic rings. The number of likely N-dealkylation sites (tertiary alicyclic amines) is 1. The van der Waals surface area contributed by atoms with E-state index in [0.717, 1.165) is 17.4 Å². The molecule has 2 amide bonds. The lowest BCUT2D eigenvalue weighted by atomic mass is 9.93. The number of carbonyl (C=O) groups is 2. The number of hydrogen-bond acceptors (Lipinski definition) is 5. The molecule has 0 saturated carbocycles. The minimum absolute atomic E-state index is 0.131. The normalized spacial score (nSPS) is 14.9. The third kappa shape index (κ3) is 8.02. The van der Waals surface area contributed by atoms with Gasteiger partial charge < -0.3 is 11.1 Å². The van der Waals surface area contributed by atoms with Crippen molar-refractivity contribution in [3.05, 3.63) is 97.9 Å². The van der Waals surface area contributed by atoms with E-state index in [1.165, 1.54) is 4.31 Å². The maximum Gasteiger partial charge on any atom is 0.251 e. The maximum atomic E-state index is 13.1. The van der Waals surface area contributed by atoms with Crippen LogP contribution in [0.4, 0.5) is 5.69 Å². The minimum Gasteiger partial charge on any atom is -0.370 e. The van der Waals surface area contributed by atoms with Gasteiger partial charge in [0.2, 0.25) is 15.9 Å². The molecule has 1 saturated heterocycles. The first kappa shape index (κ1) is 31.3. The van der Waals surface area contributed by atoms with Gasteiger partial charge in [-0.1, -0.05) is 70.3 Å². The van der Waals surface area contributed by atoms with Crippen LogP contribution in [0.2, 0.25) is 10.0 Å². The molecule has 3 N–H and O–H groups in total. The van der Waals surface area contributed by atoms with Crippen molar-refractivity contribution in [1.29, 1.82) is 0 Å². The second-order valence-corrected chi connectivity index (χ2v) is 14.0. The number of carbonyl (C=O) groups excluding carboxylic acids is 2. The Morgan fingerprint density at radius 3 is 2.05 bits per heavy atom. The molecule has 4 rings (SSSR count). The molecule has 0 radical (unpaired) electrons. The number of primary amides is 1. The number of halogens is 3. The molecule has 1 atom stereocenters. The molecule has 0 aromatic heterocycles. The Bertz CT molecular complexity index is 1470. The summed E-state index contributed by atoms with van der Waals surface area (Å²) in [5.74, 6) is -0.951. The van der Waals surface area contributed by atoms with E-state index >= 15 is 0 Å². The van der Waals surface area contributed by atoms with Crippen molar-refractivity contribution in [3.63, 3.8) is 0 Å². The van der Waals surface area contributed by atoms with Crippen molar-refractivity contribution < 1.29 is 18.0 Å². The molecule has 1 aliphatic heterocycles. The van der Waals surface area contributed by atoms with Gasteiger partial charge in [-0.2, -0.15) is 0 Å². The van der Waals surface area contributed by atoms with E-state index in [9.17, 15) is 18.0 Å². The molecular formula is C29H31BrCl2N4O4S. The van der Waals surface area contributed by atoms with E-state index < -0.39 is 15.9 Å². The summed E-state index contributed by atoms with van der Waals surface area (Å²) in [6, 6.07) is 19.6. The quantitative estimate of drug-likeness (QED) is 0.288.